The molecule has 0 N–H and O–H groups in total. The van der Waals surface area contributed by atoms with E-state index in [4.69, 9.17) is 4.42 Å². The normalized spacial score (nSPS) is 11.7. The number of furan rings is 1. The number of rotatable bonds is 6. The molecule has 0 fully saturated rings. The number of benzene rings is 11. The van der Waals surface area contributed by atoms with E-state index in [1.165, 1.54) is 60.0 Å². The minimum absolute atomic E-state index is 0.888. The van der Waals surface area contributed by atoms with Crippen LogP contribution < -0.4 is 4.90 Å². The number of hydrogen-bond acceptors (Lipinski definition) is 2. The summed E-state index contributed by atoms with van der Waals surface area (Å²) in [5, 5.41) is 12.1. The maximum absolute atomic E-state index is 6.54. The largest absolute Gasteiger partial charge is 0.455 e. The second kappa shape index (κ2) is 13.9. The SMILES string of the molecule is c1cc(-c2cccc3ccccc23)cc(N(c2ccc(-c3cccc4c3ccc3ccccc34)cc2)c2ccccc2-c2ccc3oc4c5ccccc5ccc4c3c2)c1. The smallest absolute Gasteiger partial charge is 0.143 e. The van der Waals surface area contributed by atoms with Gasteiger partial charge in [-0.1, -0.05) is 176 Å². The molecular formula is C58H37NO. The number of anilines is 3. The van der Waals surface area contributed by atoms with Crippen molar-refractivity contribution in [1.82, 2.24) is 0 Å². The van der Waals surface area contributed by atoms with Crippen LogP contribution in [0.25, 0.3) is 98.4 Å². The van der Waals surface area contributed by atoms with Crippen LogP contribution in [0.2, 0.25) is 0 Å². The molecule has 12 aromatic rings. The van der Waals surface area contributed by atoms with Crippen molar-refractivity contribution in [2.24, 2.45) is 0 Å². The average Bonchev–Trinajstić information content (AvgIpc) is 3.70. The molecule has 0 aliphatic heterocycles. The summed E-state index contributed by atoms with van der Waals surface area (Å²) in [6, 6.07) is 81.3. The lowest BCUT2D eigenvalue weighted by Crippen LogP contribution is -2.11. The van der Waals surface area contributed by atoms with E-state index >= 15 is 0 Å². The molecule has 0 amide bonds. The van der Waals surface area contributed by atoms with E-state index in [0.717, 1.165) is 55.5 Å². The third-order valence-corrected chi connectivity index (χ3v) is 12.2. The molecule has 2 heteroatoms. The van der Waals surface area contributed by atoms with E-state index in [9.17, 15) is 0 Å². The topological polar surface area (TPSA) is 16.4 Å². The van der Waals surface area contributed by atoms with Crippen LogP contribution in [0.5, 0.6) is 0 Å². The average molecular weight is 764 g/mol. The maximum atomic E-state index is 6.54. The van der Waals surface area contributed by atoms with Gasteiger partial charge in [-0.05, 0) is 114 Å². The lowest BCUT2D eigenvalue weighted by atomic mass is 9.94. The molecule has 12 rings (SSSR count). The zero-order chi connectivity index (χ0) is 39.6. The van der Waals surface area contributed by atoms with Crippen LogP contribution in [0.15, 0.2) is 229 Å². The van der Waals surface area contributed by atoms with Crippen molar-refractivity contribution in [3.05, 3.63) is 224 Å². The molecule has 2 nitrogen and oxygen atoms in total. The second-order valence-electron chi connectivity index (χ2n) is 15.6. The van der Waals surface area contributed by atoms with Crippen molar-refractivity contribution in [1.29, 1.82) is 0 Å². The Morgan fingerprint density at radius 1 is 0.283 bits per heavy atom. The lowest BCUT2D eigenvalue weighted by molar-refractivity contribution is 0.672. The van der Waals surface area contributed by atoms with Gasteiger partial charge in [0, 0.05) is 33.1 Å². The lowest BCUT2D eigenvalue weighted by Gasteiger charge is -2.28. The molecule has 0 bridgehead atoms. The highest BCUT2D eigenvalue weighted by molar-refractivity contribution is 6.16. The third kappa shape index (κ3) is 5.57. The van der Waals surface area contributed by atoms with Crippen LogP contribution in [0.3, 0.4) is 0 Å². The third-order valence-electron chi connectivity index (χ3n) is 12.2. The van der Waals surface area contributed by atoms with Gasteiger partial charge in [0.15, 0.2) is 0 Å². The Labute approximate surface area is 347 Å². The number of para-hydroxylation sites is 1. The number of hydrogen-bond donors (Lipinski definition) is 0. The summed E-state index contributed by atoms with van der Waals surface area (Å²) in [5.41, 5.74) is 12.1. The van der Waals surface area contributed by atoms with Gasteiger partial charge < -0.3 is 9.32 Å². The van der Waals surface area contributed by atoms with E-state index < -0.39 is 0 Å². The Balaban J connectivity index is 1.03. The first-order valence-corrected chi connectivity index (χ1v) is 20.6. The fourth-order valence-corrected chi connectivity index (χ4v) is 9.38. The first-order chi connectivity index (χ1) is 29.7. The predicted molar refractivity (Wildman–Crippen MR) is 255 cm³/mol. The molecule has 11 aromatic carbocycles. The van der Waals surface area contributed by atoms with E-state index in [2.05, 4.69) is 229 Å². The minimum Gasteiger partial charge on any atom is -0.455 e. The molecule has 1 aromatic heterocycles. The highest BCUT2D eigenvalue weighted by Crippen LogP contribution is 2.45. The molecule has 0 radical (unpaired) electrons. The first kappa shape index (κ1) is 34.1. The molecule has 60 heavy (non-hydrogen) atoms. The van der Waals surface area contributed by atoms with Gasteiger partial charge in [-0.2, -0.15) is 0 Å². The predicted octanol–water partition coefficient (Wildman–Crippen LogP) is 16.7. The Hall–Kier alpha value is -7.94. The molecule has 0 saturated carbocycles. The van der Waals surface area contributed by atoms with Gasteiger partial charge in [-0.3, -0.25) is 0 Å². The summed E-state index contributed by atoms with van der Waals surface area (Å²) in [5.74, 6) is 0. The van der Waals surface area contributed by atoms with Crippen molar-refractivity contribution < 1.29 is 4.42 Å². The zero-order valence-corrected chi connectivity index (χ0v) is 32.7. The molecule has 280 valence electrons. The van der Waals surface area contributed by atoms with E-state index in [-0.39, 0.29) is 0 Å². The summed E-state index contributed by atoms with van der Waals surface area (Å²) in [4.78, 5) is 2.41. The summed E-state index contributed by atoms with van der Waals surface area (Å²) in [6.07, 6.45) is 0. The number of fused-ring (bicyclic) bond motifs is 9. The quantitative estimate of drug-likeness (QED) is 0.157. The summed E-state index contributed by atoms with van der Waals surface area (Å²) < 4.78 is 6.54. The molecule has 0 unspecified atom stereocenters. The molecule has 1 heterocycles. The highest BCUT2D eigenvalue weighted by Gasteiger charge is 2.20. The van der Waals surface area contributed by atoms with Crippen LogP contribution in [0.4, 0.5) is 17.1 Å². The van der Waals surface area contributed by atoms with Crippen LogP contribution in [-0.4, -0.2) is 0 Å². The standard InChI is InChI=1S/C58H37NO/c1-4-18-46-38(12-1)15-10-22-49(46)42-16-9-17-45(36-42)59(44-31-26-41(27-32-44)48-23-11-24-52-47-19-5-2-13-39(47)28-33-53(48)52)56-25-8-7-20-50(56)43-30-35-57-55(37-43)54-34-29-40-14-3-6-21-51(40)58(54)60-57/h1-37H. The molecule has 0 saturated heterocycles. The van der Waals surface area contributed by atoms with Gasteiger partial charge >= 0.3 is 0 Å². The van der Waals surface area contributed by atoms with Crippen LogP contribution in [0, 0.1) is 0 Å². The van der Waals surface area contributed by atoms with Crippen LogP contribution in [0.1, 0.15) is 0 Å². The van der Waals surface area contributed by atoms with Gasteiger partial charge in [0.25, 0.3) is 0 Å². The van der Waals surface area contributed by atoms with Crippen molar-refractivity contribution in [2.75, 3.05) is 4.90 Å². The van der Waals surface area contributed by atoms with Crippen LogP contribution >= 0.6 is 0 Å². The number of nitrogens with zero attached hydrogens (tertiary/aromatic N) is 1. The van der Waals surface area contributed by atoms with Gasteiger partial charge in [-0.25, -0.2) is 0 Å². The molecular weight excluding hydrogens is 727 g/mol. The van der Waals surface area contributed by atoms with E-state index in [0.29, 0.717) is 0 Å². The van der Waals surface area contributed by atoms with Crippen molar-refractivity contribution in [3.8, 4) is 33.4 Å². The van der Waals surface area contributed by atoms with Crippen molar-refractivity contribution in [2.45, 2.75) is 0 Å². The molecule has 0 aliphatic rings. The zero-order valence-electron chi connectivity index (χ0n) is 32.7. The van der Waals surface area contributed by atoms with Gasteiger partial charge in [0.05, 0.1) is 5.69 Å². The van der Waals surface area contributed by atoms with Gasteiger partial charge in [0.2, 0.25) is 0 Å². The molecule has 0 atom stereocenters. The summed E-state index contributed by atoms with van der Waals surface area (Å²) >= 11 is 0. The van der Waals surface area contributed by atoms with Crippen molar-refractivity contribution >= 4 is 82.1 Å². The molecule has 0 aliphatic carbocycles. The highest BCUT2D eigenvalue weighted by atomic mass is 16.3. The Kier molecular flexibility index (Phi) is 7.89. The Bertz CT molecular complexity index is 3610. The summed E-state index contributed by atoms with van der Waals surface area (Å²) in [7, 11) is 0. The minimum atomic E-state index is 0.888. The van der Waals surface area contributed by atoms with E-state index in [1.807, 2.05) is 0 Å². The van der Waals surface area contributed by atoms with Crippen LogP contribution in [-0.2, 0) is 0 Å². The monoisotopic (exact) mass is 763 g/mol. The fraction of sp³-hybridized carbons (Fsp3) is 0. The fourth-order valence-electron chi connectivity index (χ4n) is 9.38. The maximum Gasteiger partial charge on any atom is 0.143 e. The Morgan fingerprint density at radius 2 is 0.850 bits per heavy atom. The van der Waals surface area contributed by atoms with Crippen molar-refractivity contribution in [3.63, 3.8) is 0 Å². The van der Waals surface area contributed by atoms with Gasteiger partial charge in [-0.15, -0.1) is 0 Å². The molecule has 0 spiro atoms. The summed E-state index contributed by atoms with van der Waals surface area (Å²) in [6.45, 7) is 0. The first-order valence-electron chi connectivity index (χ1n) is 20.6. The van der Waals surface area contributed by atoms with Gasteiger partial charge in [0.1, 0.15) is 11.2 Å². The Morgan fingerprint density at radius 3 is 1.68 bits per heavy atom. The van der Waals surface area contributed by atoms with E-state index in [1.54, 1.807) is 0 Å². The second-order valence-corrected chi connectivity index (χ2v) is 15.6.